The van der Waals surface area contributed by atoms with Crippen molar-refractivity contribution in [3.63, 3.8) is 0 Å². The third kappa shape index (κ3) is 2.52. The average Bonchev–Trinajstić information content (AvgIpc) is 2.91. The monoisotopic (exact) mass is 331 g/mol. The van der Waals surface area contributed by atoms with Gasteiger partial charge >= 0.3 is 0 Å². The van der Waals surface area contributed by atoms with Gasteiger partial charge in [-0.15, -0.1) is 0 Å². The Kier molecular flexibility index (Phi) is 3.97. The van der Waals surface area contributed by atoms with Crippen molar-refractivity contribution in [1.82, 2.24) is 5.32 Å². The van der Waals surface area contributed by atoms with Gasteiger partial charge in [-0.25, -0.2) is 0 Å². The predicted molar refractivity (Wildman–Crippen MR) is 85.6 cm³/mol. The van der Waals surface area contributed by atoms with Crippen molar-refractivity contribution in [2.45, 2.75) is 44.1 Å². The number of aliphatic hydroxyl groups is 2. The van der Waals surface area contributed by atoms with Gasteiger partial charge in [0.2, 0.25) is 5.78 Å². The highest BCUT2D eigenvalue weighted by molar-refractivity contribution is 6.18. The third-order valence-electron chi connectivity index (χ3n) is 4.40. The summed E-state index contributed by atoms with van der Waals surface area (Å²) in [6, 6.07) is 9.35. The zero-order valence-corrected chi connectivity index (χ0v) is 13.7. The zero-order valence-electron chi connectivity index (χ0n) is 13.7. The Labute approximate surface area is 140 Å². The van der Waals surface area contributed by atoms with Crippen LogP contribution in [0.5, 0.6) is 0 Å². The Morgan fingerprint density at radius 1 is 1.25 bits per heavy atom. The molecule has 0 unspecified atom stereocenters. The van der Waals surface area contributed by atoms with Crippen LogP contribution in [0.2, 0.25) is 0 Å². The molecule has 3 atom stereocenters. The second kappa shape index (κ2) is 5.72. The molecule has 1 aromatic carbocycles. The number of aliphatic hydroxyl groups excluding tert-OH is 1. The first kappa shape index (κ1) is 16.7. The van der Waals surface area contributed by atoms with E-state index in [1.165, 1.54) is 6.08 Å². The molecule has 1 saturated heterocycles. The summed E-state index contributed by atoms with van der Waals surface area (Å²) in [4.78, 5) is 24.9. The minimum absolute atomic E-state index is 0.00773. The molecule has 0 saturated carbocycles. The second-order valence-electron chi connectivity index (χ2n) is 6.85. The van der Waals surface area contributed by atoms with Crippen molar-refractivity contribution >= 4 is 11.7 Å². The highest BCUT2D eigenvalue weighted by atomic mass is 16.5. The van der Waals surface area contributed by atoms with Crippen LogP contribution in [0.3, 0.4) is 0 Å². The summed E-state index contributed by atoms with van der Waals surface area (Å²) in [7, 11) is 0. The maximum absolute atomic E-state index is 12.5. The van der Waals surface area contributed by atoms with Crippen molar-refractivity contribution < 1.29 is 24.5 Å². The minimum atomic E-state index is -2.09. The second-order valence-corrected chi connectivity index (χ2v) is 6.85. The molecular weight excluding hydrogens is 310 g/mol. The van der Waals surface area contributed by atoms with Crippen LogP contribution in [-0.2, 0) is 20.7 Å². The van der Waals surface area contributed by atoms with E-state index in [2.05, 4.69) is 5.32 Å². The fourth-order valence-corrected chi connectivity index (χ4v) is 3.38. The fourth-order valence-electron chi connectivity index (χ4n) is 3.38. The normalized spacial score (nSPS) is 32.2. The van der Waals surface area contributed by atoms with Crippen molar-refractivity contribution in [3.8, 4) is 0 Å². The van der Waals surface area contributed by atoms with E-state index in [4.69, 9.17) is 4.74 Å². The average molecular weight is 331 g/mol. The van der Waals surface area contributed by atoms with Crippen LogP contribution in [0.15, 0.2) is 42.2 Å². The van der Waals surface area contributed by atoms with Gasteiger partial charge in [-0.2, -0.15) is 0 Å². The topological polar surface area (TPSA) is 95.9 Å². The first-order chi connectivity index (χ1) is 11.3. The molecule has 1 fully saturated rings. The highest BCUT2D eigenvalue weighted by Gasteiger charge is 2.69. The summed E-state index contributed by atoms with van der Waals surface area (Å²) in [5.74, 6) is -1.14. The van der Waals surface area contributed by atoms with Crippen molar-refractivity contribution in [2.24, 2.45) is 5.92 Å². The van der Waals surface area contributed by atoms with Crippen LogP contribution in [0.25, 0.3) is 0 Å². The number of ketones is 1. The lowest BCUT2D eigenvalue weighted by molar-refractivity contribution is -0.164. The molecule has 3 rings (SSSR count). The first-order valence-corrected chi connectivity index (χ1v) is 7.99. The standard InChI is InChI=1S/C18H21NO5/c1-11(2)10-17(23)15(21)18(16(22)19-17)14(20)9-13(24-18)8-12-6-4-3-5-7-12/h3-7,9,11,15,21,23H,8,10H2,1-2H3,(H,19,22)/t15-,17+,18+/m0/s1. The Morgan fingerprint density at radius 3 is 2.54 bits per heavy atom. The van der Waals surface area contributed by atoms with Gasteiger partial charge < -0.3 is 20.3 Å². The number of carbonyl (C=O) groups is 2. The predicted octanol–water partition coefficient (Wildman–Crippen LogP) is 0.676. The molecule has 6 heteroatoms. The van der Waals surface area contributed by atoms with Gasteiger partial charge in [-0.05, 0) is 11.5 Å². The molecule has 1 aromatic rings. The molecule has 6 nitrogen and oxygen atoms in total. The Balaban J connectivity index is 1.84. The number of carbonyl (C=O) groups excluding carboxylic acids is 2. The highest BCUT2D eigenvalue weighted by Crippen LogP contribution is 2.40. The molecule has 2 aliphatic heterocycles. The van der Waals surface area contributed by atoms with Crippen LogP contribution in [0, 0.1) is 5.92 Å². The number of hydrogen-bond donors (Lipinski definition) is 3. The van der Waals surface area contributed by atoms with E-state index in [0.717, 1.165) is 5.56 Å². The van der Waals surface area contributed by atoms with E-state index in [0.29, 0.717) is 12.2 Å². The minimum Gasteiger partial charge on any atom is -0.470 e. The molecule has 1 amide bonds. The van der Waals surface area contributed by atoms with Gasteiger partial charge in [-0.1, -0.05) is 44.2 Å². The molecular formula is C18H21NO5. The van der Waals surface area contributed by atoms with Crippen molar-refractivity contribution in [1.29, 1.82) is 0 Å². The maximum Gasteiger partial charge on any atom is 0.277 e. The fraction of sp³-hybridized carbons (Fsp3) is 0.444. The van der Waals surface area contributed by atoms with Gasteiger partial charge in [0.05, 0.1) is 0 Å². The lowest BCUT2D eigenvalue weighted by atomic mass is 9.87. The van der Waals surface area contributed by atoms with E-state index >= 15 is 0 Å². The molecule has 24 heavy (non-hydrogen) atoms. The smallest absolute Gasteiger partial charge is 0.277 e. The number of benzene rings is 1. The molecule has 1 spiro atoms. The lowest BCUT2D eigenvalue weighted by Gasteiger charge is -2.31. The number of amides is 1. The largest absolute Gasteiger partial charge is 0.470 e. The third-order valence-corrected chi connectivity index (χ3v) is 4.40. The maximum atomic E-state index is 12.5. The quantitative estimate of drug-likeness (QED) is 0.705. The Bertz CT molecular complexity index is 699. The van der Waals surface area contributed by atoms with E-state index in [1.54, 1.807) is 0 Å². The molecule has 0 bridgehead atoms. The lowest BCUT2D eigenvalue weighted by Crippen LogP contribution is -2.56. The number of ether oxygens (including phenoxy) is 1. The summed E-state index contributed by atoms with van der Waals surface area (Å²) in [5.41, 5.74) is -3.05. The van der Waals surface area contributed by atoms with Gasteiger partial charge in [0.25, 0.3) is 11.5 Å². The molecule has 0 aromatic heterocycles. The van der Waals surface area contributed by atoms with Crippen LogP contribution in [0.1, 0.15) is 25.8 Å². The van der Waals surface area contributed by atoms with E-state index < -0.39 is 29.1 Å². The number of nitrogens with one attached hydrogen (secondary N) is 1. The summed E-state index contributed by atoms with van der Waals surface area (Å²) < 4.78 is 5.62. The molecule has 0 aliphatic carbocycles. The molecule has 2 heterocycles. The van der Waals surface area contributed by atoms with Crippen LogP contribution < -0.4 is 5.32 Å². The zero-order chi connectivity index (χ0) is 17.5. The van der Waals surface area contributed by atoms with Crippen LogP contribution in [-0.4, -0.2) is 39.3 Å². The summed E-state index contributed by atoms with van der Waals surface area (Å²) >= 11 is 0. The van der Waals surface area contributed by atoms with E-state index in [1.807, 2.05) is 44.2 Å². The van der Waals surface area contributed by atoms with Gasteiger partial charge in [-0.3, -0.25) is 9.59 Å². The summed E-state index contributed by atoms with van der Waals surface area (Å²) in [6.45, 7) is 3.69. The van der Waals surface area contributed by atoms with Gasteiger partial charge in [0.1, 0.15) is 5.76 Å². The number of rotatable bonds is 4. The summed E-state index contributed by atoms with van der Waals surface area (Å²) in [6.07, 6.45) is 0.0112. The van der Waals surface area contributed by atoms with Crippen LogP contribution in [0.4, 0.5) is 0 Å². The van der Waals surface area contributed by atoms with Crippen LogP contribution >= 0.6 is 0 Å². The van der Waals surface area contributed by atoms with Gasteiger partial charge in [0, 0.05) is 18.9 Å². The Morgan fingerprint density at radius 2 is 1.92 bits per heavy atom. The number of hydrogen-bond acceptors (Lipinski definition) is 5. The van der Waals surface area contributed by atoms with Gasteiger partial charge in [0.15, 0.2) is 11.8 Å². The van der Waals surface area contributed by atoms with E-state index in [9.17, 15) is 19.8 Å². The van der Waals surface area contributed by atoms with Crippen molar-refractivity contribution in [3.05, 3.63) is 47.7 Å². The van der Waals surface area contributed by atoms with E-state index in [-0.39, 0.29) is 12.3 Å². The molecule has 128 valence electrons. The SMILES string of the molecule is CC(C)C[C@]1(O)NC(=O)[C@]2(OC(Cc3ccccc3)=CC2=O)[C@H]1O. The number of allylic oxidation sites excluding steroid dienone is 1. The Hall–Kier alpha value is -2.18. The molecule has 0 radical (unpaired) electrons. The molecule has 3 N–H and O–H groups in total. The van der Waals surface area contributed by atoms with Crippen molar-refractivity contribution in [2.75, 3.05) is 0 Å². The first-order valence-electron chi connectivity index (χ1n) is 7.99. The summed E-state index contributed by atoms with van der Waals surface area (Å²) in [5, 5.41) is 23.5. The molecule has 2 aliphatic rings.